The molecule has 0 aromatic carbocycles. The quantitative estimate of drug-likeness (QED) is 0.820. The topological polar surface area (TPSA) is 70.1 Å². The fourth-order valence-corrected chi connectivity index (χ4v) is 2.67. The molecule has 2 aliphatic heterocycles. The van der Waals surface area contributed by atoms with E-state index in [0.717, 1.165) is 45.1 Å². The van der Waals surface area contributed by atoms with Gasteiger partial charge in [-0.25, -0.2) is 4.98 Å². The van der Waals surface area contributed by atoms with Gasteiger partial charge in [-0.2, -0.15) is 0 Å². The average Bonchev–Trinajstić information content (AvgIpc) is 3.05. The predicted octanol–water partition coefficient (Wildman–Crippen LogP) is 0.492. The molecule has 2 fully saturated rings. The van der Waals surface area contributed by atoms with E-state index in [-0.39, 0.29) is 5.75 Å². The molecule has 7 nitrogen and oxygen atoms in total. The number of ether oxygens (including phenoxy) is 2. The molecule has 3 heterocycles. The zero-order chi connectivity index (χ0) is 15.4. The third-order valence-corrected chi connectivity index (χ3v) is 4.08. The lowest BCUT2D eigenvalue weighted by molar-refractivity contribution is -0.0486. The summed E-state index contributed by atoms with van der Waals surface area (Å²) in [6, 6.07) is 3.41. The average molecular weight is 308 g/mol. The van der Waals surface area contributed by atoms with Gasteiger partial charge in [0.1, 0.15) is 17.3 Å². The van der Waals surface area contributed by atoms with Crippen molar-refractivity contribution in [1.29, 1.82) is 0 Å². The Balaban J connectivity index is 1.51. The first-order valence-corrected chi connectivity index (χ1v) is 7.80. The van der Waals surface area contributed by atoms with Crippen LogP contribution in [0.2, 0.25) is 0 Å². The number of hydrogen-bond acceptors (Lipinski definition) is 7. The molecule has 2 saturated heterocycles. The highest BCUT2D eigenvalue weighted by atomic mass is 16.7. The number of rotatable bonds is 5. The summed E-state index contributed by atoms with van der Waals surface area (Å²) in [6.07, 6.45) is -0.556. The Bertz CT molecular complexity index is 486. The normalized spacial score (nSPS) is 21.3. The molecule has 0 atom stereocenters. The van der Waals surface area contributed by atoms with Crippen molar-refractivity contribution in [3.8, 4) is 5.75 Å². The van der Waals surface area contributed by atoms with E-state index in [2.05, 4.69) is 27.1 Å². The number of nitrogens with zero attached hydrogens (tertiary/aromatic N) is 3. The van der Waals surface area contributed by atoms with E-state index in [1.807, 2.05) is 0 Å². The van der Waals surface area contributed by atoms with Gasteiger partial charge in [-0.05, 0) is 19.2 Å². The second-order valence-corrected chi connectivity index (χ2v) is 5.75. The molecule has 0 saturated carbocycles. The van der Waals surface area contributed by atoms with Crippen LogP contribution in [0.4, 0.5) is 5.82 Å². The molecule has 2 N–H and O–H groups in total. The minimum Gasteiger partial charge on any atom is -0.506 e. The molecule has 3 rings (SSSR count). The standard InChI is InChI=1S/C15H24N4O3/c1-18-6-8-19(9-7-18)5-4-16-13-3-2-12(20)14(17-13)15-21-10-11-22-15/h2-3,15,20H,4-11H2,1H3,(H,16,17). The van der Waals surface area contributed by atoms with E-state index in [1.165, 1.54) is 0 Å². The molecule has 0 unspecified atom stereocenters. The molecule has 22 heavy (non-hydrogen) atoms. The molecule has 0 bridgehead atoms. The summed E-state index contributed by atoms with van der Waals surface area (Å²) in [5.74, 6) is 0.845. The first-order chi connectivity index (χ1) is 10.7. The van der Waals surface area contributed by atoms with Gasteiger partial charge in [0, 0.05) is 39.3 Å². The van der Waals surface area contributed by atoms with Gasteiger partial charge >= 0.3 is 0 Å². The monoisotopic (exact) mass is 308 g/mol. The third-order valence-electron chi connectivity index (χ3n) is 4.08. The minimum absolute atomic E-state index is 0.108. The Labute approximate surface area is 130 Å². The fourth-order valence-electron chi connectivity index (χ4n) is 2.67. The van der Waals surface area contributed by atoms with Crippen molar-refractivity contribution in [2.75, 3.05) is 64.8 Å². The van der Waals surface area contributed by atoms with Crippen molar-refractivity contribution < 1.29 is 14.6 Å². The van der Waals surface area contributed by atoms with Crippen LogP contribution >= 0.6 is 0 Å². The molecule has 1 aromatic heterocycles. The Morgan fingerprint density at radius 2 is 1.95 bits per heavy atom. The van der Waals surface area contributed by atoms with Crippen LogP contribution in [0.15, 0.2) is 12.1 Å². The fraction of sp³-hybridized carbons (Fsp3) is 0.667. The van der Waals surface area contributed by atoms with Crippen LogP contribution in [0, 0.1) is 0 Å². The van der Waals surface area contributed by atoms with Crippen molar-refractivity contribution in [3.05, 3.63) is 17.8 Å². The molecule has 122 valence electrons. The molecule has 0 amide bonds. The number of nitrogens with one attached hydrogen (secondary N) is 1. The summed E-state index contributed by atoms with van der Waals surface area (Å²) >= 11 is 0. The smallest absolute Gasteiger partial charge is 0.205 e. The van der Waals surface area contributed by atoms with Gasteiger partial charge in [0.2, 0.25) is 6.29 Å². The molecular formula is C15H24N4O3. The summed E-state index contributed by atoms with van der Waals surface area (Å²) in [7, 11) is 2.16. The van der Waals surface area contributed by atoms with Gasteiger partial charge < -0.3 is 24.8 Å². The number of aromatic nitrogens is 1. The number of aromatic hydroxyl groups is 1. The maximum Gasteiger partial charge on any atom is 0.205 e. The van der Waals surface area contributed by atoms with Crippen LogP contribution < -0.4 is 5.32 Å². The molecule has 0 aliphatic carbocycles. The summed E-state index contributed by atoms with van der Waals surface area (Å²) in [5.41, 5.74) is 0.446. The summed E-state index contributed by atoms with van der Waals surface area (Å²) < 4.78 is 10.8. The summed E-state index contributed by atoms with van der Waals surface area (Å²) in [6.45, 7) is 7.34. The highest BCUT2D eigenvalue weighted by Crippen LogP contribution is 2.29. The van der Waals surface area contributed by atoms with Gasteiger partial charge in [0.15, 0.2) is 0 Å². The first kappa shape index (κ1) is 15.5. The van der Waals surface area contributed by atoms with Crippen molar-refractivity contribution in [1.82, 2.24) is 14.8 Å². The highest BCUT2D eigenvalue weighted by molar-refractivity contribution is 5.41. The molecule has 0 spiro atoms. The van der Waals surface area contributed by atoms with Crippen molar-refractivity contribution in [2.24, 2.45) is 0 Å². The van der Waals surface area contributed by atoms with E-state index in [9.17, 15) is 5.11 Å². The largest absolute Gasteiger partial charge is 0.506 e. The number of pyridine rings is 1. The Morgan fingerprint density at radius 1 is 1.23 bits per heavy atom. The van der Waals surface area contributed by atoms with E-state index < -0.39 is 6.29 Å². The maximum absolute atomic E-state index is 9.89. The predicted molar refractivity (Wildman–Crippen MR) is 83.0 cm³/mol. The van der Waals surface area contributed by atoms with Gasteiger partial charge in [0.05, 0.1) is 13.2 Å². The Morgan fingerprint density at radius 3 is 2.68 bits per heavy atom. The first-order valence-electron chi connectivity index (χ1n) is 7.80. The van der Waals surface area contributed by atoms with Gasteiger partial charge in [-0.15, -0.1) is 0 Å². The lowest BCUT2D eigenvalue weighted by Gasteiger charge is -2.32. The van der Waals surface area contributed by atoms with Gasteiger partial charge in [0.25, 0.3) is 0 Å². The molecule has 2 aliphatic rings. The van der Waals surface area contributed by atoms with E-state index >= 15 is 0 Å². The van der Waals surface area contributed by atoms with E-state index in [0.29, 0.717) is 18.9 Å². The molecule has 7 heteroatoms. The zero-order valence-electron chi connectivity index (χ0n) is 13.0. The van der Waals surface area contributed by atoms with Crippen molar-refractivity contribution in [2.45, 2.75) is 6.29 Å². The number of piperazine rings is 1. The SMILES string of the molecule is CN1CCN(CCNc2ccc(O)c(C3OCCO3)n2)CC1. The number of hydrogen-bond donors (Lipinski definition) is 2. The second kappa shape index (κ2) is 7.23. The van der Waals surface area contributed by atoms with Crippen LogP contribution in [-0.2, 0) is 9.47 Å². The summed E-state index contributed by atoms with van der Waals surface area (Å²) in [5, 5.41) is 13.2. The van der Waals surface area contributed by atoms with Crippen LogP contribution in [0.3, 0.4) is 0 Å². The second-order valence-electron chi connectivity index (χ2n) is 5.75. The Kier molecular flexibility index (Phi) is 5.09. The van der Waals surface area contributed by atoms with E-state index in [1.54, 1.807) is 12.1 Å². The molecular weight excluding hydrogens is 284 g/mol. The van der Waals surface area contributed by atoms with Crippen LogP contribution in [0.1, 0.15) is 12.0 Å². The number of anilines is 1. The van der Waals surface area contributed by atoms with E-state index in [4.69, 9.17) is 9.47 Å². The van der Waals surface area contributed by atoms with Crippen LogP contribution in [0.5, 0.6) is 5.75 Å². The highest BCUT2D eigenvalue weighted by Gasteiger charge is 2.23. The Hall–Kier alpha value is -1.41. The van der Waals surface area contributed by atoms with Gasteiger partial charge in [-0.3, -0.25) is 4.90 Å². The van der Waals surface area contributed by atoms with Gasteiger partial charge in [-0.1, -0.05) is 0 Å². The van der Waals surface area contributed by atoms with Crippen LogP contribution in [-0.4, -0.2) is 79.4 Å². The summed E-state index contributed by atoms with van der Waals surface area (Å²) in [4.78, 5) is 9.20. The lowest BCUT2D eigenvalue weighted by Crippen LogP contribution is -2.45. The minimum atomic E-state index is -0.556. The molecule has 0 radical (unpaired) electrons. The third kappa shape index (κ3) is 3.86. The molecule has 1 aromatic rings. The maximum atomic E-state index is 9.89. The van der Waals surface area contributed by atoms with Crippen molar-refractivity contribution in [3.63, 3.8) is 0 Å². The number of likely N-dealkylation sites (N-methyl/N-ethyl adjacent to an activating group) is 1. The zero-order valence-corrected chi connectivity index (χ0v) is 13.0. The van der Waals surface area contributed by atoms with Crippen molar-refractivity contribution >= 4 is 5.82 Å². The lowest BCUT2D eigenvalue weighted by atomic mass is 10.3. The van der Waals surface area contributed by atoms with Crippen LogP contribution in [0.25, 0.3) is 0 Å².